The van der Waals surface area contributed by atoms with Gasteiger partial charge in [-0.25, -0.2) is 8.42 Å². The summed E-state index contributed by atoms with van der Waals surface area (Å²) in [5, 5.41) is 1.67. The minimum Gasteiger partial charge on any atom is -0.456 e. The second-order valence-electron chi connectivity index (χ2n) is 9.56. The second kappa shape index (κ2) is 10.3. The summed E-state index contributed by atoms with van der Waals surface area (Å²) in [5.41, 5.74) is 4.72. The van der Waals surface area contributed by atoms with Crippen LogP contribution in [-0.2, 0) is 10.0 Å². The number of aromatic amines is 1. The average molecular weight is 543 g/mol. The molecule has 38 heavy (non-hydrogen) atoms. The first kappa shape index (κ1) is 24.7. The van der Waals surface area contributed by atoms with Crippen molar-refractivity contribution in [2.45, 2.75) is 23.7 Å². The van der Waals surface area contributed by atoms with Gasteiger partial charge in [-0.2, -0.15) is 4.31 Å². The summed E-state index contributed by atoms with van der Waals surface area (Å²) in [6, 6.07) is 30.6. The highest BCUT2D eigenvalue weighted by atomic mass is 35.5. The molecule has 4 aromatic carbocycles. The van der Waals surface area contributed by atoms with E-state index in [-0.39, 0.29) is 10.8 Å². The molecule has 1 N–H and O–H groups in total. The maximum absolute atomic E-state index is 13.5. The molecular formula is C31H27ClN2O3S. The van der Waals surface area contributed by atoms with Crippen LogP contribution in [0.3, 0.4) is 0 Å². The van der Waals surface area contributed by atoms with Gasteiger partial charge in [-0.05, 0) is 71.8 Å². The van der Waals surface area contributed by atoms with Gasteiger partial charge in [0.2, 0.25) is 10.0 Å². The van der Waals surface area contributed by atoms with Crippen molar-refractivity contribution in [2.24, 2.45) is 0 Å². The molecule has 0 radical (unpaired) electrons. The Balaban J connectivity index is 1.19. The van der Waals surface area contributed by atoms with E-state index in [9.17, 15) is 8.42 Å². The van der Waals surface area contributed by atoms with Gasteiger partial charge in [-0.15, -0.1) is 0 Å². The van der Waals surface area contributed by atoms with Crippen LogP contribution in [0, 0.1) is 0 Å². The lowest BCUT2D eigenvalue weighted by Gasteiger charge is -2.31. The van der Waals surface area contributed by atoms with E-state index < -0.39 is 10.0 Å². The Bertz CT molecular complexity index is 1690. The monoisotopic (exact) mass is 542 g/mol. The predicted octanol–water partition coefficient (Wildman–Crippen LogP) is 7.85. The summed E-state index contributed by atoms with van der Waals surface area (Å²) in [4.78, 5) is 3.63. The smallest absolute Gasteiger partial charge is 0.243 e. The number of hydrogen-bond acceptors (Lipinski definition) is 3. The van der Waals surface area contributed by atoms with Crippen LogP contribution in [-0.4, -0.2) is 30.8 Å². The number of nitrogens with zero attached hydrogens (tertiary/aromatic N) is 1. The Hall–Kier alpha value is -3.58. The van der Waals surface area contributed by atoms with Crippen molar-refractivity contribution >= 4 is 32.5 Å². The van der Waals surface area contributed by atoms with Crippen molar-refractivity contribution in [3.05, 3.63) is 114 Å². The van der Waals surface area contributed by atoms with E-state index in [0.717, 1.165) is 18.4 Å². The highest BCUT2D eigenvalue weighted by molar-refractivity contribution is 7.89. The minimum atomic E-state index is -3.65. The number of aromatic nitrogens is 1. The third-order valence-electron chi connectivity index (χ3n) is 7.22. The summed E-state index contributed by atoms with van der Waals surface area (Å²) >= 11 is 6.20. The molecule has 5 aromatic rings. The van der Waals surface area contributed by atoms with E-state index >= 15 is 0 Å². The van der Waals surface area contributed by atoms with E-state index in [2.05, 4.69) is 41.5 Å². The standard InChI is InChI=1S/C31H27ClN2O3S/c32-29-11-4-5-12-31(29)37-25-9-6-10-26(20-25)38(35,36)34-17-15-23(16-18-34)28-21-33-30-14-13-24(19-27(28)30)22-7-2-1-3-8-22/h1-14,19-21,23,33H,15-18H2. The summed E-state index contributed by atoms with van der Waals surface area (Å²) in [6.45, 7) is 0.932. The second-order valence-corrected chi connectivity index (χ2v) is 11.9. The van der Waals surface area contributed by atoms with Gasteiger partial charge in [0.25, 0.3) is 0 Å². The van der Waals surface area contributed by atoms with Gasteiger partial charge >= 0.3 is 0 Å². The Morgan fingerprint density at radius 2 is 1.58 bits per heavy atom. The van der Waals surface area contributed by atoms with E-state index in [1.54, 1.807) is 40.7 Å². The zero-order valence-corrected chi connectivity index (χ0v) is 22.3. The number of ether oxygens (including phenoxy) is 1. The highest BCUT2D eigenvalue weighted by Gasteiger charge is 2.31. The molecule has 0 atom stereocenters. The van der Waals surface area contributed by atoms with Crippen molar-refractivity contribution in [1.29, 1.82) is 0 Å². The topological polar surface area (TPSA) is 62.4 Å². The highest BCUT2D eigenvalue weighted by Crippen LogP contribution is 2.37. The Kier molecular flexibility index (Phi) is 6.70. The molecule has 1 aliphatic heterocycles. The molecule has 0 bridgehead atoms. The number of nitrogens with one attached hydrogen (secondary N) is 1. The van der Waals surface area contributed by atoms with Crippen LogP contribution in [0.25, 0.3) is 22.0 Å². The molecule has 0 saturated carbocycles. The molecule has 6 rings (SSSR count). The molecule has 2 heterocycles. The van der Waals surface area contributed by atoms with Gasteiger partial charge < -0.3 is 9.72 Å². The normalized spacial score (nSPS) is 15.1. The number of fused-ring (bicyclic) bond motifs is 1. The molecule has 1 saturated heterocycles. The van der Waals surface area contributed by atoms with Gasteiger partial charge in [0.1, 0.15) is 11.5 Å². The number of H-pyrrole nitrogens is 1. The van der Waals surface area contributed by atoms with E-state index in [1.807, 2.05) is 30.3 Å². The average Bonchev–Trinajstić information content (AvgIpc) is 3.38. The lowest BCUT2D eigenvalue weighted by atomic mass is 9.89. The largest absolute Gasteiger partial charge is 0.456 e. The quantitative estimate of drug-likeness (QED) is 0.237. The number of benzene rings is 4. The maximum atomic E-state index is 13.5. The van der Waals surface area contributed by atoms with Crippen LogP contribution in [0.2, 0.25) is 5.02 Å². The SMILES string of the molecule is O=S(=O)(c1cccc(Oc2ccccc2Cl)c1)N1CCC(c2c[nH]c3ccc(-c4ccccc4)cc23)CC1. The summed E-state index contributed by atoms with van der Waals surface area (Å²) in [5.74, 6) is 1.21. The molecule has 1 aliphatic rings. The summed E-state index contributed by atoms with van der Waals surface area (Å²) in [7, 11) is -3.65. The zero-order valence-electron chi connectivity index (χ0n) is 20.7. The van der Waals surface area contributed by atoms with Crippen LogP contribution >= 0.6 is 11.6 Å². The molecule has 1 aromatic heterocycles. The number of sulfonamides is 1. The van der Waals surface area contributed by atoms with E-state index in [1.165, 1.54) is 22.1 Å². The Labute approximate surface area is 227 Å². The van der Waals surface area contributed by atoms with Crippen LogP contribution in [0.5, 0.6) is 11.5 Å². The number of halogens is 1. The van der Waals surface area contributed by atoms with Crippen LogP contribution < -0.4 is 4.74 Å². The van der Waals surface area contributed by atoms with Crippen molar-refractivity contribution in [2.75, 3.05) is 13.1 Å². The molecule has 0 unspecified atom stereocenters. The Morgan fingerprint density at radius 3 is 2.37 bits per heavy atom. The molecular weight excluding hydrogens is 516 g/mol. The van der Waals surface area contributed by atoms with E-state index in [0.29, 0.717) is 29.6 Å². The first-order valence-corrected chi connectivity index (χ1v) is 14.5. The van der Waals surface area contributed by atoms with Crippen molar-refractivity contribution in [3.8, 4) is 22.6 Å². The predicted molar refractivity (Wildman–Crippen MR) is 152 cm³/mol. The summed E-state index contributed by atoms with van der Waals surface area (Å²) in [6.07, 6.45) is 3.61. The maximum Gasteiger partial charge on any atom is 0.243 e. The molecule has 0 amide bonds. The number of hydrogen-bond donors (Lipinski definition) is 1. The fourth-order valence-corrected chi connectivity index (χ4v) is 6.88. The summed E-state index contributed by atoms with van der Waals surface area (Å²) < 4.78 is 34.5. The number of rotatable bonds is 6. The third kappa shape index (κ3) is 4.83. The molecule has 192 valence electrons. The zero-order chi connectivity index (χ0) is 26.1. The van der Waals surface area contributed by atoms with Crippen LogP contribution in [0.1, 0.15) is 24.3 Å². The van der Waals surface area contributed by atoms with Crippen molar-refractivity contribution < 1.29 is 13.2 Å². The number of piperidine rings is 1. The van der Waals surface area contributed by atoms with Gasteiger partial charge in [-0.1, -0.05) is 66.2 Å². The molecule has 0 spiro atoms. The minimum absolute atomic E-state index is 0.222. The molecule has 7 heteroatoms. The number of para-hydroxylation sites is 1. The van der Waals surface area contributed by atoms with Crippen molar-refractivity contribution in [1.82, 2.24) is 9.29 Å². The molecule has 5 nitrogen and oxygen atoms in total. The first-order valence-electron chi connectivity index (χ1n) is 12.7. The lowest BCUT2D eigenvalue weighted by molar-refractivity contribution is 0.320. The fraction of sp³-hybridized carbons (Fsp3) is 0.161. The van der Waals surface area contributed by atoms with E-state index in [4.69, 9.17) is 16.3 Å². The van der Waals surface area contributed by atoms with Crippen molar-refractivity contribution in [3.63, 3.8) is 0 Å². The third-order valence-corrected chi connectivity index (χ3v) is 9.43. The first-order chi connectivity index (χ1) is 18.5. The van der Waals surface area contributed by atoms with Gasteiger partial charge in [0, 0.05) is 36.3 Å². The Morgan fingerprint density at radius 1 is 0.816 bits per heavy atom. The van der Waals surface area contributed by atoms with Gasteiger partial charge in [0.05, 0.1) is 9.92 Å². The van der Waals surface area contributed by atoms with Crippen LogP contribution in [0.15, 0.2) is 108 Å². The fourth-order valence-electron chi connectivity index (χ4n) is 5.20. The van der Waals surface area contributed by atoms with Crippen LogP contribution in [0.4, 0.5) is 0 Å². The molecule has 0 aliphatic carbocycles. The molecule has 1 fully saturated rings. The van der Waals surface area contributed by atoms with Gasteiger partial charge in [0.15, 0.2) is 0 Å². The lowest BCUT2D eigenvalue weighted by Crippen LogP contribution is -2.37. The van der Waals surface area contributed by atoms with Gasteiger partial charge in [-0.3, -0.25) is 0 Å².